The number of hydrogen-bond acceptors (Lipinski definition) is 1. The lowest BCUT2D eigenvalue weighted by atomic mass is 10.0. The molecule has 0 N–H and O–H groups in total. The van der Waals surface area contributed by atoms with Crippen LogP contribution in [0.15, 0.2) is 0 Å². The van der Waals surface area contributed by atoms with Crippen molar-refractivity contribution in [3.8, 4) is 0 Å². The van der Waals surface area contributed by atoms with Gasteiger partial charge in [0.15, 0.2) is 8.32 Å². The van der Waals surface area contributed by atoms with Gasteiger partial charge in [-0.1, -0.05) is 78.1 Å². The van der Waals surface area contributed by atoms with Gasteiger partial charge in [0, 0.05) is 6.10 Å². The second kappa shape index (κ2) is 12.9. The Morgan fingerprint density at radius 2 is 1.15 bits per heavy atom. The van der Waals surface area contributed by atoms with Crippen molar-refractivity contribution < 1.29 is 4.43 Å². The maximum absolute atomic E-state index is 6.29. The van der Waals surface area contributed by atoms with Gasteiger partial charge in [-0.15, -0.1) is 0 Å². The summed E-state index contributed by atoms with van der Waals surface area (Å²) < 4.78 is 6.29. The molecule has 0 radical (unpaired) electrons. The quantitative estimate of drug-likeness (QED) is 0.250. The summed E-state index contributed by atoms with van der Waals surface area (Å²) in [5.41, 5.74) is 0. The third-order valence-electron chi connectivity index (χ3n) is 3.76. The van der Waals surface area contributed by atoms with E-state index in [-0.39, 0.29) is 0 Å². The summed E-state index contributed by atoms with van der Waals surface area (Å²) in [7, 11) is -1.35. The van der Waals surface area contributed by atoms with E-state index in [0.717, 1.165) is 0 Å². The van der Waals surface area contributed by atoms with Crippen molar-refractivity contribution >= 4 is 8.32 Å². The van der Waals surface area contributed by atoms with Crippen molar-refractivity contribution in [2.75, 3.05) is 0 Å². The van der Waals surface area contributed by atoms with Gasteiger partial charge in [-0.3, -0.25) is 0 Å². The highest BCUT2D eigenvalue weighted by Crippen LogP contribution is 2.18. The monoisotopic (exact) mass is 300 g/mol. The third kappa shape index (κ3) is 14.6. The van der Waals surface area contributed by atoms with E-state index in [0.29, 0.717) is 6.10 Å². The van der Waals surface area contributed by atoms with Crippen LogP contribution in [-0.2, 0) is 4.43 Å². The zero-order chi connectivity index (χ0) is 15.3. The summed E-state index contributed by atoms with van der Waals surface area (Å²) in [4.78, 5) is 0. The van der Waals surface area contributed by atoms with E-state index in [2.05, 4.69) is 33.5 Å². The molecule has 0 aliphatic carbocycles. The van der Waals surface area contributed by atoms with Crippen molar-refractivity contribution in [3.05, 3.63) is 0 Å². The smallest absolute Gasteiger partial charge is 0.184 e. The molecule has 0 aromatic rings. The fourth-order valence-electron chi connectivity index (χ4n) is 2.77. The molecule has 0 bridgehead atoms. The standard InChI is InChI=1S/C18H40OSi/c1-6-8-9-10-11-12-13-14-15-17-18(16-7-2)19-20(3,4)5/h18H,6-17H2,1-5H3. The van der Waals surface area contributed by atoms with Gasteiger partial charge in [0.1, 0.15) is 0 Å². The first-order valence-corrected chi connectivity index (χ1v) is 12.6. The molecule has 0 aliphatic heterocycles. The van der Waals surface area contributed by atoms with Gasteiger partial charge in [0.25, 0.3) is 0 Å². The Morgan fingerprint density at radius 1 is 0.650 bits per heavy atom. The molecular weight excluding hydrogens is 260 g/mol. The third-order valence-corrected chi connectivity index (χ3v) is 4.80. The van der Waals surface area contributed by atoms with Gasteiger partial charge in [0.05, 0.1) is 0 Å². The molecule has 0 aromatic carbocycles. The average Bonchev–Trinajstić information content (AvgIpc) is 2.35. The second-order valence-corrected chi connectivity index (χ2v) is 11.7. The Labute approximate surface area is 130 Å². The van der Waals surface area contributed by atoms with Crippen LogP contribution in [0.25, 0.3) is 0 Å². The Hall–Kier alpha value is 0.177. The van der Waals surface area contributed by atoms with E-state index in [1.807, 2.05) is 0 Å². The molecule has 122 valence electrons. The lowest BCUT2D eigenvalue weighted by Crippen LogP contribution is -2.32. The van der Waals surface area contributed by atoms with Gasteiger partial charge >= 0.3 is 0 Å². The van der Waals surface area contributed by atoms with Gasteiger partial charge < -0.3 is 4.43 Å². The Balaban J connectivity index is 3.49. The molecule has 0 rings (SSSR count). The SMILES string of the molecule is CCCCCCCCCCCC(CCC)O[Si](C)(C)C. The number of hydrogen-bond donors (Lipinski definition) is 0. The summed E-state index contributed by atoms with van der Waals surface area (Å²) in [6.45, 7) is 11.5. The topological polar surface area (TPSA) is 9.23 Å². The highest BCUT2D eigenvalue weighted by atomic mass is 28.4. The Bertz CT molecular complexity index is 198. The molecule has 0 spiro atoms. The zero-order valence-corrected chi connectivity index (χ0v) is 16.0. The Morgan fingerprint density at radius 3 is 1.60 bits per heavy atom. The van der Waals surface area contributed by atoms with Crippen LogP contribution in [0.2, 0.25) is 19.6 Å². The lowest BCUT2D eigenvalue weighted by Gasteiger charge is -2.26. The minimum Gasteiger partial charge on any atom is -0.415 e. The average molecular weight is 301 g/mol. The van der Waals surface area contributed by atoms with Crippen molar-refractivity contribution in [1.82, 2.24) is 0 Å². The van der Waals surface area contributed by atoms with Crippen LogP contribution in [-0.4, -0.2) is 14.4 Å². The first-order valence-electron chi connectivity index (χ1n) is 9.17. The molecule has 20 heavy (non-hydrogen) atoms. The van der Waals surface area contributed by atoms with E-state index in [1.54, 1.807) is 0 Å². The molecular formula is C18H40OSi. The van der Waals surface area contributed by atoms with Crippen LogP contribution in [0.1, 0.15) is 90.9 Å². The largest absolute Gasteiger partial charge is 0.415 e. The van der Waals surface area contributed by atoms with Crippen molar-refractivity contribution in [2.45, 2.75) is 117 Å². The molecule has 0 aromatic heterocycles. The maximum atomic E-state index is 6.29. The van der Waals surface area contributed by atoms with Crippen molar-refractivity contribution in [2.24, 2.45) is 0 Å². The van der Waals surface area contributed by atoms with Gasteiger partial charge in [-0.2, -0.15) is 0 Å². The van der Waals surface area contributed by atoms with Gasteiger partial charge in [0.2, 0.25) is 0 Å². The van der Waals surface area contributed by atoms with Crippen molar-refractivity contribution in [3.63, 3.8) is 0 Å². The van der Waals surface area contributed by atoms with Gasteiger partial charge in [-0.25, -0.2) is 0 Å². The van der Waals surface area contributed by atoms with Crippen LogP contribution in [0.4, 0.5) is 0 Å². The lowest BCUT2D eigenvalue weighted by molar-refractivity contribution is 0.168. The first kappa shape index (κ1) is 20.2. The van der Waals surface area contributed by atoms with Crippen LogP contribution in [0.3, 0.4) is 0 Å². The van der Waals surface area contributed by atoms with Crippen LogP contribution < -0.4 is 0 Å². The zero-order valence-electron chi connectivity index (χ0n) is 15.0. The normalized spacial score (nSPS) is 13.7. The second-order valence-electron chi connectivity index (χ2n) is 7.26. The minimum absolute atomic E-state index is 0.538. The van der Waals surface area contributed by atoms with E-state index >= 15 is 0 Å². The fourth-order valence-corrected chi connectivity index (χ4v) is 4.00. The molecule has 0 amide bonds. The van der Waals surface area contributed by atoms with E-state index in [9.17, 15) is 0 Å². The van der Waals surface area contributed by atoms with Crippen LogP contribution in [0.5, 0.6) is 0 Å². The number of unbranched alkanes of at least 4 members (excludes halogenated alkanes) is 8. The molecule has 1 unspecified atom stereocenters. The fraction of sp³-hybridized carbons (Fsp3) is 1.00. The summed E-state index contributed by atoms with van der Waals surface area (Å²) in [6, 6.07) is 0. The molecule has 0 aliphatic rings. The first-order chi connectivity index (χ1) is 9.49. The molecule has 0 saturated heterocycles. The van der Waals surface area contributed by atoms with Crippen LogP contribution >= 0.6 is 0 Å². The summed E-state index contributed by atoms with van der Waals surface area (Å²) in [5, 5.41) is 0. The van der Waals surface area contributed by atoms with E-state index < -0.39 is 8.32 Å². The molecule has 0 heterocycles. The molecule has 0 saturated carbocycles. The molecule has 2 heteroatoms. The molecule has 1 atom stereocenters. The molecule has 0 fully saturated rings. The van der Waals surface area contributed by atoms with Crippen LogP contribution in [0, 0.1) is 0 Å². The van der Waals surface area contributed by atoms with E-state index in [4.69, 9.17) is 4.43 Å². The summed E-state index contributed by atoms with van der Waals surface area (Å²) >= 11 is 0. The Kier molecular flexibility index (Phi) is 13.0. The highest BCUT2D eigenvalue weighted by molar-refractivity contribution is 6.69. The summed E-state index contributed by atoms with van der Waals surface area (Å²) in [6.07, 6.45) is 17.1. The predicted octanol–water partition coefficient (Wildman–Crippen LogP) is 6.93. The van der Waals surface area contributed by atoms with E-state index in [1.165, 1.54) is 77.0 Å². The maximum Gasteiger partial charge on any atom is 0.184 e. The number of rotatable bonds is 14. The molecule has 1 nitrogen and oxygen atoms in total. The highest BCUT2D eigenvalue weighted by Gasteiger charge is 2.20. The van der Waals surface area contributed by atoms with Gasteiger partial charge in [-0.05, 0) is 32.5 Å². The van der Waals surface area contributed by atoms with Crippen molar-refractivity contribution in [1.29, 1.82) is 0 Å². The minimum atomic E-state index is -1.35. The summed E-state index contributed by atoms with van der Waals surface area (Å²) in [5.74, 6) is 0. The predicted molar refractivity (Wildman–Crippen MR) is 95.0 cm³/mol.